The van der Waals surface area contributed by atoms with Crippen LogP contribution in [-0.4, -0.2) is 66.6 Å². The maximum Gasteiger partial charge on any atom is 0.273 e. The van der Waals surface area contributed by atoms with E-state index in [1.54, 1.807) is 7.11 Å². The number of amides is 1. The fourth-order valence-corrected chi connectivity index (χ4v) is 4.18. The molecule has 1 spiro atoms. The molecule has 0 radical (unpaired) electrons. The summed E-state index contributed by atoms with van der Waals surface area (Å²) in [5, 5.41) is 2.81. The summed E-state index contributed by atoms with van der Waals surface area (Å²) in [6.45, 7) is 5.49. The lowest BCUT2D eigenvalue weighted by Crippen LogP contribution is -2.72. The predicted molar refractivity (Wildman–Crippen MR) is 82.7 cm³/mol. The van der Waals surface area contributed by atoms with Gasteiger partial charge in [0.1, 0.15) is 5.69 Å². The third kappa shape index (κ3) is 2.72. The maximum atomic E-state index is 12.4. The van der Waals surface area contributed by atoms with Gasteiger partial charge in [0.2, 0.25) is 0 Å². The van der Waals surface area contributed by atoms with Crippen LogP contribution in [0.1, 0.15) is 28.3 Å². The molecule has 0 unspecified atom stereocenters. The molecule has 2 aliphatic rings. The van der Waals surface area contributed by atoms with Crippen LogP contribution in [0.15, 0.2) is 5.38 Å². The van der Waals surface area contributed by atoms with Crippen molar-refractivity contribution in [3.05, 3.63) is 16.1 Å². The van der Waals surface area contributed by atoms with E-state index in [1.807, 2.05) is 17.2 Å². The zero-order chi connectivity index (χ0) is 15.0. The molecule has 0 aromatic carbocycles. The van der Waals surface area contributed by atoms with Gasteiger partial charge in [0.05, 0.1) is 10.5 Å². The monoisotopic (exact) mass is 309 g/mol. The Kier molecular flexibility index (Phi) is 4.03. The van der Waals surface area contributed by atoms with Gasteiger partial charge in [-0.3, -0.25) is 9.69 Å². The minimum atomic E-state index is 0.0761. The number of methoxy groups -OCH3 is 1. The number of carbonyl (C=O) groups is 1. The Morgan fingerprint density at radius 3 is 2.95 bits per heavy atom. The third-order valence-corrected chi connectivity index (χ3v) is 5.62. The van der Waals surface area contributed by atoms with Crippen molar-refractivity contribution in [1.29, 1.82) is 0 Å². The Labute approximate surface area is 129 Å². The van der Waals surface area contributed by atoms with Crippen LogP contribution in [0.5, 0.6) is 0 Å². The molecule has 0 aliphatic carbocycles. The van der Waals surface area contributed by atoms with Crippen molar-refractivity contribution in [2.24, 2.45) is 5.92 Å². The molecular formula is C15H23N3O2S. The average molecular weight is 309 g/mol. The predicted octanol–water partition coefficient (Wildman–Crippen LogP) is 1.63. The van der Waals surface area contributed by atoms with Gasteiger partial charge in [-0.2, -0.15) is 0 Å². The van der Waals surface area contributed by atoms with Gasteiger partial charge >= 0.3 is 0 Å². The topological polar surface area (TPSA) is 45.7 Å². The van der Waals surface area contributed by atoms with Crippen LogP contribution in [0.2, 0.25) is 0 Å². The van der Waals surface area contributed by atoms with E-state index in [9.17, 15) is 4.79 Å². The van der Waals surface area contributed by atoms with E-state index in [0.29, 0.717) is 11.6 Å². The minimum absolute atomic E-state index is 0.0761. The first-order valence-corrected chi connectivity index (χ1v) is 8.33. The van der Waals surface area contributed by atoms with Crippen LogP contribution >= 0.6 is 11.3 Å². The van der Waals surface area contributed by atoms with Gasteiger partial charge in [0.15, 0.2) is 0 Å². The highest BCUT2D eigenvalue weighted by Crippen LogP contribution is 2.38. The van der Waals surface area contributed by atoms with E-state index >= 15 is 0 Å². The summed E-state index contributed by atoms with van der Waals surface area (Å²) in [4.78, 5) is 21.1. The maximum absolute atomic E-state index is 12.4. The summed E-state index contributed by atoms with van der Waals surface area (Å²) < 4.78 is 5.32. The second kappa shape index (κ2) is 5.66. The average Bonchev–Trinajstić information content (AvgIpc) is 2.85. The number of ether oxygens (including phenoxy) is 1. The lowest BCUT2D eigenvalue weighted by molar-refractivity contribution is -0.0732. The lowest BCUT2D eigenvalue weighted by Gasteiger charge is -2.58. The number of piperidine rings is 1. The smallest absolute Gasteiger partial charge is 0.273 e. The first-order valence-electron chi connectivity index (χ1n) is 7.46. The van der Waals surface area contributed by atoms with Gasteiger partial charge in [-0.1, -0.05) is 0 Å². The molecule has 3 rings (SSSR count). The van der Waals surface area contributed by atoms with E-state index in [-0.39, 0.29) is 11.4 Å². The largest absolute Gasteiger partial charge is 0.384 e. The van der Waals surface area contributed by atoms with Crippen LogP contribution in [0, 0.1) is 12.8 Å². The Hall–Kier alpha value is -0.980. The molecule has 0 bridgehead atoms. The number of nitrogens with zero attached hydrogens (tertiary/aromatic N) is 3. The Bertz CT molecular complexity index is 525. The number of hydrogen-bond acceptors (Lipinski definition) is 5. The summed E-state index contributed by atoms with van der Waals surface area (Å²) in [5.41, 5.74) is 0.751. The van der Waals surface area contributed by atoms with Crippen LogP contribution in [-0.2, 0) is 4.74 Å². The number of likely N-dealkylation sites (N-methyl/N-ethyl adjacent to an activating group) is 1. The molecule has 1 atom stereocenters. The van der Waals surface area contributed by atoms with Crippen molar-refractivity contribution in [3.63, 3.8) is 0 Å². The highest BCUT2D eigenvalue weighted by molar-refractivity contribution is 7.09. The number of thiazole rings is 1. The second-order valence-corrected chi connectivity index (χ2v) is 7.44. The molecule has 0 N–H and O–H groups in total. The van der Waals surface area contributed by atoms with Gasteiger partial charge in [0.25, 0.3) is 5.91 Å². The molecule has 5 nitrogen and oxygen atoms in total. The summed E-state index contributed by atoms with van der Waals surface area (Å²) in [6.07, 6.45) is 2.31. The number of rotatable bonds is 3. The SMILES string of the molecule is COC[C@@H]1CCN(C)C2(C1)CN(C(=O)c1csc(C)n1)C2. The van der Waals surface area contributed by atoms with Crippen molar-refractivity contribution in [2.75, 3.05) is 40.4 Å². The van der Waals surface area contributed by atoms with Gasteiger partial charge in [0, 0.05) is 32.2 Å². The van der Waals surface area contributed by atoms with Crippen LogP contribution in [0.4, 0.5) is 0 Å². The fourth-order valence-electron chi connectivity index (χ4n) is 3.59. The molecule has 1 aromatic rings. The summed E-state index contributed by atoms with van der Waals surface area (Å²) in [6, 6.07) is 0. The Morgan fingerprint density at radius 2 is 2.33 bits per heavy atom. The van der Waals surface area contributed by atoms with E-state index in [1.165, 1.54) is 17.8 Å². The number of aromatic nitrogens is 1. The Morgan fingerprint density at radius 1 is 1.57 bits per heavy atom. The molecule has 3 heterocycles. The molecule has 6 heteroatoms. The minimum Gasteiger partial charge on any atom is -0.384 e. The van der Waals surface area contributed by atoms with E-state index in [4.69, 9.17) is 4.74 Å². The molecule has 1 aromatic heterocycles. The first-order chi connectivity index (χ1) is 10.0. The molecule has 2 saturated heterocycles. The third-order valence-electron chi connectivity index (χ3n) is 4.85. The summed E-state index contributed by atoms with van der Waals surface area (Å²) >= 11 is 1.53. The quantitative estimate of drug-likeness (QED) is 0.851. The zero-order valence-corrected chi connectivity index (χ0v) is 13.8. The molecule has 116 valence electrons. The van der Waals surface area contributed by atoms with E-state index < -0.39 is 0 Å². The van der Waals surface area contributed by atoms with Gasteiger partial charge in [-0.25, -0.2) is 4.98 Å². The highest BCUT2D eigenvalue weighted by Gasteiger charge is 2.51. The number of carbonyl (C=O) groups excluding carboxylic acids is 1. The Balaban J connectivity index is 1.64. The molecule has 2 aliphatic heterocycles. The van der Waals surface area contributed by atoms with Gasteiger partial charge in [-0.05, 0) is 39.3 Å². The van der Waals surface area contributed by atoms with Crippen LogP contribution in [0.3, 0.4) is 0 Å². The van der Waals surface area contributed by atoms with Crippen molar-refractivity contribution in [1.82, 2.24) is 14.8 Å². The molecule has 2 fully saturated rings. The highest BCUT2D eigenvalue weighted by atomic mass is 32.1. The van der Waals surface area contributed by atoms with Crippen LogP contribution < -0.4 is 0 Å². The van der Waals surface area contributed by atoms with Crippen LogP contribution in [0.25, 0.3) is 0 Å². The van der Waals surface area contributed by atoms with Crippen molar-refractivity contribution in [3.8, 4) is 0 Å². The molecule has 1 amide bonds. The van der Waals surface area contributed by atoms with Crippen molar-refractivity contribution < 1.29 is 9.53 Å². The number of likely N-dealkylation sites (tertiary alicyclic amines) is 2. The van der Waals surface area contributed by atoms with E-state index in [0.717, 1.165) is 37.7 Å². The fraction of sp³-hybridized carbons (Fsp3) is 0.733. The normalized spacial score (nSPS) is 25.1. The molecule has 0 saturated carbocycles. The first kappa shape index (κ1) is 14.9. The van der Waals surface area contributed by atoms with E-state index in [2.05, 4.69) is 16.9 Å². The standard InChI is InChI=1S/C15H23N3O2S/c1-11-16-13(8-21-11)14(19)18-9-15(10-18)6-12(7-20-3)4-5-17(15)2/h8,12H,4-7,9-10H2,1-3H3/t12-/m1/s1. The van der Waals surface area contributed by atoms with Crippen molar-refractivity contribution in [2.45, 2.75) is 25.3 Å². The lowest BCUT2D eigenvalue weighted by atomic mass is 9.75. The number of hydrogen-bond donors (Lipinski definition) is 0. The number of aryl methyl sites for hydroxylation is 1. The molecular weight excluding hydrogens is 286 g/mol. The summed E-state index contributed by atoms with van der Waals surface area (Å²) in [7, 11) is 3.95. The zero-order valence-electron chi connectivity index (χ0n) is 13.0. The van der Waals surface area contributed by atoms with Crippen molar-refractivity contribution >= 4 is 17.2 Å². The summed E-state index contributed by atoms with van der Waals surface area (Å²) in [5.74, 6) is 0.692. The second-order valence-electron chi connectivity index (χ2n) is 6.37. The van der Waals surface area contributed by atoms with Gasteiger partial charge in [-0.15, -0.1) is 11.3 Å². The molecule has 21 heavy (non-hydrogen) atoms. The van der Waals surface area contributed by atoms with Gasteiger partial charge < -0.3 is 9.64 Å².